The number of imide groups is 1. The second-order valence-corrected chi connectivity index (χ2v) is 7.72. The van der Waals surface area contributed by atoms with Crippen LogP contribution in [0.25, 0.3) is 0 Å². The van der Waals surface area contributed by atoms with Crippen molar-refractivity contribution in [3.63, 3.8) is 0 Å². The summed E-state index contributed by atoms with van der Waals surface area (Å²) in [5.41, 5.74) is -0.418. The molecule has 0 saturated heterocycles. The predicted octanol–water partition coefficient (Wildman–Crippen LogP) is 4.91. The average Bonchev–Trinajstić information content (AvgIpc) is 2.58. The van der Waals surface area contributed by atoms with Crippen LogP contribution in [-0.4, -0.2) is 27.3 Å². The molecule has 1 atom stereocenters. The first-order chi connectivity index (χ1) is 11.5. The smallest absolute Gasteiger partial charge is 0.267 e. The molecule has 0 aromatic heterocycles. The van der Waals surface area contributed by atoms with Gasteiger partial charge in [-0.2, -0.15) is 0 Å². The standard InChI is InChI=1S/C19H26BrNO3/c1-4-6-12-19(13-7-5-2)21(17(22)14(3)20)18(23)15-10-8-9-11-16(15)24-19/h8-11,14H,4-7,12-13H2,1-3H3. The van der Waals surface area contributed by atoms with Gasteiger partial charge in [-0.1, -0.05) is 54.8 Å². The molecule has 0 spiro atoms. The lowest BCUT2D eigenvalue weighted by atomic mass is 9.93. The summed E-state index contributed by atoms with van der Waals surface area (Å²) in [6.07, 6.45) is 5.10. The molecule has 1 aromatic carbocycles. The SMILES string of the molecule is CCCCC1(CCCC)Oc2ccccc2C(=O)N1C(=O)C(C)Br. The monoisotopic (exact) mass is 395 g/mol. The molecular formula is C19H26BrNO3. The summed E-state index contributed by atoms with van der Waals surface area (Å²) in [5.74, 6) is 0.100. The molecule has 132 valence electrons. The molecule has 0 radical (unpaired) electrons. The van der Waals surface area contributed by atoms with Crippen molar-refractivity contribution in [2.24, 2.45) is 0 Å². The number of rotatable bonds is 7. The molecule has 0 bridgehead atoms. The molecule has 0 N–H and O–H groups in total. The summed E-state index contributed by atoms with van der Waals surface area (Å²) in [6, 6.07) is 7.20. The molecule has 2 amide bonds. The molecule has 1 unspecified atom stereocenters. The second-order valence-electron chi connectivity index (χ2n) is 6.35. The predicted molar refractivity (Wildman–Crippen MR) is 98.4 cm³/mol. The first-order valence-corrected chi connectivity index (χ1v) is 9.69. The third-order valence-corrected chi connectivity index (χ3v) is 4.82. The van der Waals surface area contributed by atoms with Gasteiger partial charge in [-0.15, -0.1) is 0 Å². The highest BCUT2D eigenvalue weighted by Crippen LogP contribution is 2.40. The Morgan fingerprint density at radius 1 is 1.21 bits per heavy atom. The van der Waals surface area contributed by atoms with E-state index in [1.807, 2.05) is 12.1 Å². The highest BCUT2D eigenvalue weighted by atomic mass is 79.9. The zero-order chi connectivity index (χ0) is 17.7. The number of ether oxygens (including phenoxy) is 1. The normalized spacial score (nSPS) is 17.2. The van der Waals surface area contributed by atoms with Crippen molar-refractivity contribution in [3.05, 3.63) is 29.8 Å². The molecule has 5 heteroatoms. The topological polar surface area (TPSA) is 46.6 Å². The lowest BCUT2D eigenvalue weighted by Crippen LogP contribution is -2.62. The Labute approximate surface area is 152 Å². The minimum atomic E-state index is -0.878. The Bertz CT molecular complexity index is 592. The van der Waals surface area contributed by atoms with E-state index in [-0.39, 0.29) is 11.8 Å². The van der Waals surface area contributed by atoms with Crippen LogP contribution in [0.4, 0.5) is 0 Å². The summed E-state index contributed by atoms with van der Waals surface area (Å²) < 4.78 is 6.34. The Morgan fingerprint density at radius 2 is 1.79 bits per heavy atom. The number of alkyl halides is 1. The molecule has 1 aliphatic rings. The fraction of sp³-hybridized carbons (Fsp3) is 0.579. The molecule has 2 rings (SSSR count). The third-order valence-electron chi connectivity index (χ3n) is 4.43. The Hall–Kier alpha value is -1.36. The number of halogens is 1. The first-order valence-electron chi connectivity index (χ1n) is 8.77. The van der Waals surface area contributed by atoms with Gasteiger partial charge in [-0.3, -0.25) is 9.59 Å². The highest BCUT2D eigenvalue weighted by molar-refractivity contribution is 9.10. The molecular weight excluding hydrogens is 370 g/mol. The van der Waals surface area contributed by atoms with Crippen LogP contribution in [0.2, 0.25) is 0 Å². The molecule has 1 heterocycles. The van der Waals surface area contributed by atoms with Crippen LogP contribution >= 0.6 is 15.9 Å². The van der Waals surface area contributed by atoms with Crippen molar-refractivity contribution in [1.82, 2.24) is 4.90 Å². The van der Waals surface area contributed by atoms with E-state index in [0.717, 1.165) is 25.7 Å². The summed E-state index contributed by atoms with van der Waals surface area (Å²) in [4.78, 5) is 26.9. The van der Waals surface area contributed by atoms with E-state index in [4.69, 9.17) is 4.74 Å². The van der Waals surface area contributed by atoms with Crippen LogP contribution < -0.4 is 4.74 Å². The molecule has 4 nitrogen and oxygen atoms in total. The Morgan fingerprint density at radius 3 is 2.33 bits per heavy atom. The number of hydrogen-bond acceptors (Lipinski definition) is 3. The van der Waals surface area contributed by atoms with E-state index >= 15 is 0 Å². The van der Waals surface area contributed by atoms with E-state index in [0.29, 0.717) is 24.2 Å². The number of para-hydroxylation sites is 1. The van der Waals surface area contributed by atoms with Crippen molar-refractivity contribution in [2.75, 3.05) is 0 Å². The van der Waals surface area contributed by atoms with Crippen molar-refractivity contribution in [3.8, 4) is 5.75 Å². The number of carbonyl (C=O) groups is 2. The van der Waals surface area contributed by atoms with Crippen LogP contribution in [0.15, 0.2) is 24.3 Å². The van der Waals surface area contributed by atoms with Crippen LogP contribution in [0, 0.1) is 0 Å². The van der Waals surface area contributed by atoms with Gasteiger partial charge in [0.2, 0.25) is 5.91 Å². The number of fused-ring (bicyclic) bond motifs is 1. The minimum absolute atomic E-state index is 0.235. The lowest BCUT2D eigenvalue weighted by molar-refractivity contribution is -0.150. The minimum Gasteiger partial charge on any atom is -0.467 e. The van der Waals surface area contributed by atoms with Gasteiger partial charge in [0.25, 0.3) is 5.91 Å². The summed E-state index contributed by atoms with van der Waals surface area (Å²) in [6.45, 7) is 5.96. The summed E-state index contributed by atoms with van der Waals surface area (Å²) >= 11 is 3.33. The van der Waals surface area contributed by atoms with Crippen LogP contribution in [0.5, 0.6) is 5.75 Å². The van der Waals surface area contributed by atoms with Gasteiger partial charge in [0.05, 0.1) is 10.4 Å². The maximum absolute atomic E-state index is 13.1. The van der Waals surface area contributed by atoms with Crippen molar-refractivity contribution in [2.45, 2.75) is 69.8 Å². The fourth-order valence-electron chi connectivity index (χ4n) is 3.12. The number of amides is 2. The molecule has 0 saturated carbocycles. The number of nitrogens with zero attached hydrogens (tertiary/aromatic N) is 1. The van der Waals surface area contributed by atoms with Crippen molar-refractivity contribution >= 4 is 27.7 Å². The quantitative estimate of drug-likeness (QED) is 0.616. The van der Waals surface area contributed by atoms with Crippen LogP contribution in [0.3, 0.4) is 0 Å². The largest absolute Gasteiger partial charge is 0.467 e. The molecule has 1 aliphatic heterocycles. The summed E-state index contributed by atoms with van der Waals surface area (Å²) in [5, 5.41) is 0. The Kier molecular flexibility index (Phi) is 6.44. The van der Waals surface area contributed by atoms with Crippen molar-refractivity contribution < 1.29 is 14.3 Å². The Balaban J connectivity index is 2.53. The number of unbranched alkanes of at least 4 members (excludes halogenated alkanes) is 2. The van der Waals surface area contributed by atoms with Crippen molar-refractivity contribution in [1.29, 1.82) is 0 Å². The first kappa shape index (κ1) is 19.0. The van der Waals surface area contributed by atoms with Gasteiger partial charge in [-0.25, -0.2) is 4.90 Å². The molecule has 0 aliphatic carbocycles. The maximum atomic E-state index is 13.1. The van der Waals surface area contributed by atoms with E-state index in [2.05, 4.69) is 29.8 Å². The fourth-order valence-corrected chi connectivity index (χ4v) is 3.33. The highest BCUT2D eigenvalue weighted by Gasteiger charge is 2.49. The van der Waals surface area contributed by atoms with Crippen LogP contribution in [-0.2, 0) is 4.79 Å². The van der Waals surface area contributed by atoms with Gasteiger partial charge < -0.3 is 4.74 Å². The van der Waals surface area contributed by atoms with E-state index in [1.165, 1.54) is 4.90 Å². The molecule has 24 heavy (non-hydrogen) atoms. The third kappa shape index (κ3) is 3.66. The summed E-state index contributed by atoms with van der Waals surface area (Å²) in [7, 11) is 0. The van der Waals surface area contributed by atoms with Gasteiger partial charge in [-0.05, 0) is 31.9 Å². The van der Waals surface area contributed by atoms with Gasteiger partial charge in [0, 0.05) is 12.8 Å². The van der Waals surface area contributed by atoms with Gasteiger partial charge in [0.1, 0.15) is 5.75 Å². The lowest BCUT2D eigenvalue weighted by Gasteiger charge is -2.46. The van der Waals surface area contributed by atoms with E-state index in [9.17, 15) is 9.59 Å². The average molecular weight is 396 g/mol. The second kappa shape index (κ2) is 8.15. The molecule has 0 fully saturated rings. The van der Waals surface area contributed by atoms with E-state index < -0.39 is 10.6 Å². The van der Waals surface area contributed by atoms with Gasteiger partial charge in [0.15, 0.2) is 5.72 Å². The zero-order valence-electron chi connectivity index (χ0n) is 14.7. The van der Waals surface area contributed by atoms with Crippen LogP contribution in [0.1, 0.15) is 69.7 Å². The number of carbonyl (C=O) groups excluding carboxylic acids is 2. The van der Waals surface area contributed by atoms with Gasteiger partial charge >= 0.3 is 0 Å². The maximum Gasteiger partial charge on any atom is 0.267 e. The van der Waals surface area contributed by atoms with E-state index in [1.54, 1.807) is 19.1 Å². The zero-order valence-corrected chi connectivity index (χ0v) is 16.3. The molecule has 1 aromatic rings. The number of hydrogen-bond donors (Lipinski definition) is 0. The number of benzene rings is 1.